The van der Waals surface area contributed by atoms with Gasteiger partial charge in [-0.1, -0.05) is 29.8 Å². The average Bonchev–Trinajstić information content (AvgIpc) is 2.03. The number of nitrogens with one attached hydrogen (secondary N) is 1. The fourth-order valence-corrected chi connectivity index (χ4v) is 1.04. The number of hydrogen-bond acceptors (Lipinski definition) is 2. The lowest BCUT2D eigenvalue weighted by molar-refractivity contribution is 0.602. The van der Waals surface area contributed by atoms with Crippen molar-refractivity contribution in [2.24, 2.45) is 5.84 Å². The van der Waals surface area contributed by atoms with Crippen LogP contribution >= 0.6 is 0 Å². The standard InChI is InChI=1S/C9H14N2/c1-7-4-3-5-9(6-7)8(2)11-10/h3-6,8,11H,10H2,1-2H3. The van der Waals surface area contributed by atoms with E-state index >= 15 is 0 Å². The van der Waals surface area contributed by atoms with Gasteiger partial charge in [-0.2, -0.15) is 0 Å². The van der Waals surface area contributed by atoms with Crippen LogP contribution in [0.1, 0.15) is 24.1 Å². The molecule has 1 atom stereocenters. The highest BCUT2D eigenvalue weighted by atomic mass is 15.2. The molecule has 0 aliphatic rings. The van der Waals surface area contributed by atoms with Crippen molar-refractivity contribution < 1.29 is 0 Å². The molecule has 11 heavy (non-hydrogen) atoms. The summed E-state index contributed by atoms with van der Waals surface area (Å²) in [4.78, 5) is 0. The number of hydrazine groups is 1. The first-order valence-corrected chi connectivity index (χ1v) is 3.76. The highest BCUT2D eigenvalue weighted by Gasteiger charge is 2.00. The van der Waals surface area contributed by atoms with E-state index in [1.54, 1.807) is 0 Å². The van der Waals surface area contributed by atoms with Crippen molar-refractivity contribution in [2.45, 2.75) is 19.9 Å². The molecule has 0 saturated heterocycles. The van der Waals surface area contributed by atoms with Gasteiger partial charge in [0.25, 0.3) is 0 Å². The first-order valence-electron chi connectivity index (χ1n) is 3.76. The Hall–Kier alpha value is -0.860. The van der Waals surface area contributed by atoms with E-state index in [9.17, 15) is 0 Å². The molecule has 0 saturated carbocycles. The van der Waals surface area contributed by atoms with E-state index in [1.807, 2.05) is 13.0 Å². The normalized spacial score (nSPS) is 13.0. The Morgan fingerprint density at radius 1 is 1.45 bits per heavy atom. The van der Waals surface area contributed by atoms with Crippen LogP contribution in [-0.2, 0) is 0 Å². The predicted octanol–water partition coefficient (Wildman–Crippen LogP) is 1.52. The fourth-order valence-electron chi connectivity index (χ4n) is 1.04. The zero-order valence-electron chi connectivity index (χ0n) is 6.96. The van der Waals surface area contributed by atoms with Gasteiger partial charge in [0.2, 0.25) is 0 Å². The molecule has 3 N–H and O–H groups in total. The van der Waals surface area contributed by atoms with Gasteiger partial charge >= 0.3 is 0 Å². The molecule has 0 fully saturated rings. The van der Waals surface area contributed by atoms with E-state index in [0.717, 1.165) is 0 Å². The molecule has 0 heterocycles. The maximum atomic E-state index is 5.30. The summed E-state index contributed by atoms with van der Waals surface area (Å²) in [6, 6.07) is 8.54. The molecular formula is C9H14N2. The zero-order valence-corrected chi connectivity index (χ0v) is 6.96. The van der Waals surface area contributed by atoms with Gasteiger partial charge in [-0.3, -0.25) is 11.3 Å². The third-order valence-corrected chi connectivity index (χ3v) is 1.79. The lowest BCUT2D eigenvalue weighted by Crippen LogP contribution is -2.25. The minimum atomic E-state index is 0.231. The van der Waals surface area contributed by atoms with Crippen molar-refractivity contribution in [1.82, 2.24) is 5.43 Å². The van der Waals surface area contributed by atoms with Crippen LogP contribution in [0, 0.1) is 6.92 Å². The number of aryl methyl sites for hydroxylation is 1. The molecule has 0 aliphatic heterocycles. The second-order valence-electron chi connectivity index (χ2n) is 2.80. The maximum Gasteiger partial charge on any atom is 0.0431 e. The topological polar surface area (TPSA) is 38.0 Å². The van der Waals surface area contributed by atoms with Gasteiger partial charge < -0.3 is 0 Å². The Labute approximate surface area is 67.4 Å². The molecule has 0 amide bonds. The summed E-state index contributed by atoms with van der Waals surface area (Å²) in [5.41, 5.74) is 5.21. The summed E-state index contributed by atoms with van der Waals surface area (Å²) in [5, 5.41) is 0. The number of rotatable bonds is 2. The summed E-state index contributed by atoms with van der Waals surface area (Å²) < 4.78 is 0. The Morgan fingerprint density at radius 3 is 2.73 bits per heavy atom. The van der Waals surface area contributed by atoms with Crippen LogP contribution in [0.3, 0.4) is 0 Å². The van der Waals surface area contributed by atoms with E-state index in [-0.39, 0.29) is 6.04 Å². The Morgan fingerprint density at radius 2 is 2.18 bits per heavy atom. The Balaban J connectivity index is 2.86. The van der Waals surface area contributed by atoms with Gasteiger partial charge in [-0.25, -0.2) is 0 Å². The van der Waals surface area contributed by atoms with Crippen molar-refractivity contribution >= 4 is 0 Å². The monoisotopic (exact) mass is 150 g/mol. The van der Waals surface area contributed by atoms with E-state index < -0.39 is 0 Å². The molecule has 0 bridgehead atoms. The molecule has 1 aromatic carbocycles. The first kappa shape index (κ1) is 8.24. The quantitative estimate of drug-likeness (QED) is 0.495. The second kappa shape index (κ2) is 3.51. The predicted molar refractivity (Wildman–Crippen MR) is 46.9 cm³/mol. The molecule has 1 rings (SSSR count). The molecule has 0 radical (unpaired) electrons. The van der Waals surface area contributed by atoms with Gasteiger partial charge in [0.05, 0.1) is 0 Å². The minimum absolute atomic E-state index is 0.231. The Bertz CT molecular complexity index is 233. The van der Waals surface area contributed by atoms with Crippen LogP contribution in [0.15, 0.2) is 24.3 Å². The molecule has 60 valence electrons. The SMILES string of the molecule is Cc1cccc(C(C)NN)c1. The molecule has 2 nitrogen and oxygen atoms in total. The van der Waals surface area contributed by atoms with Gasteiger partial charge in [0, 0.05) is 6.04 Å². The number of nitrogens with two attached hydrogens (primary N) is 1. The summed E-state index contributed by atoms with van der Waals surface area (Å²) in [7, 11) is 0. The molecule has 1 unspecified atom stereocenters. The summed E-state index contributed by atoms with van der Waals surface area (Å²) >= 11 is 0. The van der Waals surface area contributed by atoms with E-state index in [1.165, 1.54) is 11.1 Å². The van der Waals surface area contributed by atoms with E-state index in [0.29, 0.717) is 0 Å². The summed E-state index contributed by atoms with van der Waals surface area (Å²) in [5.74, 6) is 5.30. The van der Waals surface area contributed by atoms with Crippen molar-refractivity contribution in [3.05, 3.63) is 35.4 Å². The summed E-state index contributed by atoms with van der Waals surface area (Å²) in [6.45, 7) is 4.11. The van der Waals surface area contributed by atoms with Crippen LogP contribution in [0.5, 0.6) is 0 Å². The Kier molecular flexibility index (Phi) is 2.63. The van der Waals surface area contributed by atoms with Crippen LogP contribution in [0.2, 0.25) is 0 Å². The van der Waals surface area contributed by atoms with E-state index in [2.05, 4.69) is 30.5 Å². The van der Waals surface area contributed by atoms with Gasteiger partial charge in [-0.15, -0.1) is 0 Å². The van der Waals surface area contributed by atoms with Crippen LogP contribution in [0.25, 0.3) is 0 Å². The van der Waals surface area contributed by atoms with Crippen LogP contribution in [0.4, 0.5) is 0 Å². The molecule has 0 aliphatic carbocycles. The van der Waals surface area contributed by atoms with Crippen molar-refractivity contribution in [1.29, 1.82) is 0 Å². The molecule has 0 spiro atoms. The average molecular weight is 150 g/mol. The van der Waals surface area contributed by atoms with Crippen molar-refractivity contribution in [2.75, 3.05) is 0 Å². The first-order chi connectivity index (χ1) is 5.24. The lowest BCUT2D eigenvalue weighted by atomic mass is 10.1. The van der Waals surface area contributed by atoms with Crippen LogP contribution in [-0.4, -0.2) is 0 Å². The second-order valence-corrected chi connectivity index (χ2v) is 2.80. The van der Waals surface area contributed by atoms with Gasteiger partial charge in [0.15, 0.2) is 0 Å². The lowest BCUT2D eigenvalue weighted by Gasteiger charge is -2.09. The van der Waals surface area contributed by atoms with Gasteiger partial charge in [-0.05, 0) is 19.4 Å². The zero-order chi connectivity index (χ0) is 8.27. The molecule has 2 heteroatoms. The van der Waals surface area contributed by atoms with Crippen LogP contribution < -0.4 is 11.3 Å². The molecule has 1 aromatic rings. The minimum Gasteiger partial charge on any atom is -0.271 e. The third kappa shape index (κ3) is 2.03. The number of hydrogen-bond donors (Lipinski definition) is 2. The summed E-state index contributed by atoms with van der Waals surface area (Å²) in [6.07, 6.45) is 0. The fraction of sp³-hybridized carbons (Fsp3) is 0.333. The van der Waals surface area contributed by atoms with Crippen molar-refractivity contribution in [3.8, 4) is 0 Å². The third-order valence-electron chi connectivity index (χ3n) is 1.79. The molecular weight excluding hydrogens is 136 g/mol. The number of benzene rings is 1. The maximum absolute atomic E-state index is 5.30. The largest absolute Gasteiger partial charge is 0.271 e. The molecule has 0 aromatic heterocycles. The van der Waals surface area contributed by atoms with Crippen molar-refractivity contribution in [3.63, 3.8) is 0 Å². The van der Waals surface area contributed by atoms with E-state index in [4.69, 9.17) is 5.84 Å². The van der Waals surface area contributed by atoms with Gasteiger partial charge in [0.1, 0.15) is 0 Å². The smallest absolute Gasteiger partial charge is 0.0431 e. The highest BCUT2D eigenvalue weighted by molar-refractivity contribution is 5.24. The highest BCUT2D eigenvalue weighted by Crippen LogP contribution is 2.11.